The quantitative estimate of drug-likeness (QED) is 0.410. The summed E-state index contributed by atoms with van der Waals surface area (Å²) in [6.07, 6.45) is 21.3. The first-order valence-electron chi connectivity index (χ1n) is 10.8. The standard InChI is InChI=1S/C22H42O/c1-4-6-8-16-22(23-3)17-14-21(15-18-22)20-12-10-19(11-13-20)9-7-5-2/h19-21H,4-18H2,1-3H3. The van der Waals surface area contributed by atoms with Crippen molar-refractivity contribution in [2.45, 2.75) is 116 Å². The lowest BCUT2D eigenvalue weighted by Crippen LogP contribution is -2.38. The van der Waals surface area contributed by atoms with Crippen LogP contribution in [-0.2, 0) is 4.74 Å². The molecule has 0 aromatic carbocycles. The molecule has 0 aliphatic heterocycles. The Hall–Kier alpha value is -0.0400. The van der Waals surface area contributed by atoms with Gasteiger partial charge in [-0.05, 0) is 62.7 Å². The summed E-state index contributed by atoms with van der Waals surface area (Å²) in [4.78, 5) is 0. The summed E-state index contributed by atoms with van der Waals surface area (Å²) in [5, 5.41) is 0. The highest BCUT2D eigenvalue weighted by Gasteiger charge is 2.38. The molecule has 136 valence electrons. The van der Waals surface area contributed by atoms with Crippen LogP contribution in [0.15, 0.2) is 0 Å². The Morgan fingerprint density at radius 1 is 0.783 bits per heavy atom. The van der Waals surface area contributed by atoms with E-state index in [9.17, 15) is 0 Å². The fourth-order valence-corrected chi connectivity index (χ4v) is 5.33. The van der Waals surface area contributed by atoms with E-state index in [0.717, 1.165) is 17.8 Å². The minimum atomic E-state index is 0.240. The Labute approximate surface area is 146 Å². The average Bonchev–Trinajstić information content (AvgIpc) is 2.61. The van der Waals surface area contributed by atoms with Crippen molar-refractivity contribution in [3.8, 4) is 0 Å². The van der Waals surface area contributed by atoms with Crippen LogP contribution in [0.2, 0.25) is 0 Å². The molecule has 0 N–H and O–H groups in total. The first-order valence-corrected chi connectivity index (χ1v) is 10.8. The van der Waals surface area contributed by atoms with Gasteiger partial charge in [0.25, 0.3) is 0 Å². The Bertz CT molecular complexity index is 295. The topological polar surface area (TPSA) is 9.23 Å². The maximum atomic E-state index is 6.02. The van der Waals surface area contributed by atoms with Crippen molar-refractivity contribution in [3.63, 3.8) is 0 Å². The summed E-state index contributed by atoms with van der Waals surface area (Å²) in [7, 11) is 1.96. The van der Waals surface area contributed by atoms with Crippen molar-refractivity contribution in [2.75, 3.05) is 7.11 Å². The molecule has 0 saturated heterocycles. The van der Waals surface area contributed by atoms with Crippen molar-refractivity contribution >= 4 is 0 Å². The van der Waals surface area contributed by atoms with Crippen LogP contribution in [0.5, 0.6) is 0 Å². The Balaban J connectivity index is 1.71. The molecular weight excluding hydrogens is 280 g/mol. The van der Waals surface area contributed by atoms with Crippen LogP contribution in [0, 0.1) is 17.8 Å². The molecule has 2 fully saturated rings. The van der Waals surface area contributed by atoms with Crippen molar-refractivity contribution in [2.24, 2.45) is 17.8 Å². The number of rotatable bonds is 9. The summed E-state index contributed by atoms with van der Waals surface area (Å²) in [5.41, 5.74) is 0.240. The van der Waals surface area contributed by atoms with Gasteiger partial charge in [-0.1, -0.05) is 65.2 Å². The summed E-state index contributed by atoms with van der Waals surface area (Å²) in [6, 6.07) is 0. The van der Waals surface area contributed by atoms with E-state index in [-0.39, 0.29) is 5.60 Å². The van der Waals surface area contributed by atoms with Crippen molar-refractivity contribution in [3.05, 3.63) is 0 Å². The molecule has 2 aliphatic carbocycles. The van der Waals surface area contributed by atoms with Gasteiger partial charge in [-0.2, -0.15) is 0 Å². The van der Waals surface area contributed by atoms with E-state index in [0.29, 0.717) is 0 Å². The van der Waals surface area contributed by atoms with Gasteiger partial charge in [-0.15, -0.1) is 0 Å². The minimum Gasteiger partial charge on any atom is -0.378 e. The van der Waals surface area contributed by atoms with E-state index in [1.807, 2.05) is 7.11 Å². The molecular formula is C22H42O. The normalized spacial score (nSPS) is 35.3. The van der Waals surface area contributed by atoms with Gasteiger partial charge in [-0.3, -0.25) is 0 Å². The van der Waals surface area contributed by atoms with Gasteiger partial charge in [0.05, 0.1) is 5.60 Å². The van der Waals surface area contributed by atoms with Gasteiger partial charge in [-0.25, -0.2) is 0 Å². The highest BCUT2D eigenvalue weighted by molar-refractivity contribution is 4.90. The number of unbranched alkanes of at least 4 members (excludes halogenated alkanes) is 3. The van der Waals surface area contributed by atoms with E-state index in [4.69, 9.17) is 4.74 Å². The molecule has 0 aromatic rings. The largest absolute Gasteiger partial charge is 0.378 e. The zero-order valence-corrected chi connectivity index (χ0v) is 16.2. The second-order valence-electron chi connectivity index (χ2n) is 8.60. The second-order valence-corrected chi connectivity index (χ2v) is 8.60. The summed E-state index contributed by atoms with van der Waals surface area (Å²) in [5.74, 6) is 3.11. The van der Waals surface area contributed by atoms with E-state index < -0.39 is 0 Å². The highest BCUT2D eigenvalue weighted by Crippen LogP contribution is 2.45. The van der Waals surface area contributed by atoms with Crippen molar-refractivity contribution in [1.82, 2.24) is 0 Å². The van der Waals surface area contributed by atoms with Crippen molar-refractivity contribution in [1.29, 1.82) is 0 Å². The second kappa shape index (κ2) is 10.1. The van der Waals surface area contributed by atoms with Crippen LogP contribution in [0.3, 0.4) is 0 Å². The van der Waals surface area contributed by atoms with Gasteiger partial charge in [0.15, 0.2) is 0 Å². The van der Waals surface area contributed by atoms with Gasteiger partial charge < -0.3 is 4.74 Å². The maximum Gasteiger partial charge on any atom is 0.0679 e. The van der Waals surface area contributed by atoms with E-state index in [1.54, 1.807) is 0 Å². The molecule has 0 unspecified atom stereocenters. The molecule has 0 amide bonds. The molecule has 23 heavy (non-hydrogen) atoms. The molecule has 0 heterocycles. The Morgan fingerprint density at radius 3 is 1.96 bits per heavy atom. The maximum absolute atomic E-state index is 6.02. The zero-order valence-electron chi connectivity index (χ0n) is 16.2. The van der Waals surface area contributed by atoms with Gasteiger partial charge >= 0.3 is 0 Å². The van der Waals surface area contributed by atoms with Crippen molar-refractivity contribution < 1.29 is 4.74 Å². The molecule has 0 spiro atoms. The summed E-state index contributed by atoms with van der Waals surface area (Å²) >= 11 is 0. The first kappa shape index (κ1) is 19.3. The van der Waals surface area contributed by atoms with E-state index >= 15 is 0 Å². The first-order chi connectivity index (χ1) is 11.2. The monoisotopic (exact) mass is 322 g/mol. The number of hydrogen-bond donors (Lipinski definition) is 0. The van der Waals surface area contributed by atoms with Crippen LogP contribution in [0.4, 0.5) is 0 Å². The minimum absolute atomic E-state index is 0.240. The average molecular weight is 323 g/mol. The Morgan fingerprint density at radius 2 is 1.39 bits per heavy atom. The number of ether oxygens (including phenoxy) is 1. The predicted octanol–water partition coefficient (Wildman–Crippen LogP) is 7.14. The third-order valence-electron chi connectivity index (χ3n) is 7.13. The van der Waals surface area contributed by atoms with Crippen LogP contribution < -0.4 is 0 Å². The van der Waals surface area contributed by atoms with Crippen LogP contribution >= 0.6 is 0 Å². The van der Waals surface area contributed by atoms with Gasteiger partial charge in [0.1, 0.15) is 0 Å². The molecule has 0 radical (unpaired) electrons. The smallest absolute Gasteiger partial charge is 0.0679 e. The molecule has 2 rings (SSSR count). The lowest BCUT2D eigenvalue weighted by molar-refractivity contribution is -0.0639. The van der Waals surface area contributed by atoms with Gasteiger partial charge in [0, 0.05) is 7.11 Å². The van der Waals surface area contributed by atoms with Gasteiger partial charge in [0.2, 0.25) is 0 Å². The van der Waals surface area contributed by atoms with E-state index in [2.05, 4.69) is 13.8 Å². The zero-order chi connectivity index (χ0) is 16.5. The number of hydrogen-bond acceptors (Lipinski definition) is 1. The molecule has 0 aromatic heterocycles. The lowest BCUT2D eigenvalue weighted by Gasteiger charge is -2.43. The highest BCUT2D eigenvalue weighted by atomic mass is 16.5. The predicted molar refractivity (Wildman–Crippen MR) is 101 cm³/mol. The molecule has 1 heteroatoms. The lowest BCUT2D eigenvalue weighted by atomic mass is 9.67. The number of methoxy groups -OCH3 is 1. The Kier molecular flexibility index (Phi) is 8.44. The fraction of sp³-hybridized carbons (Fsp3) is 1.00. The van der Waals surface area contributed by atoms with Crippen LogP contribution in [0.25, 0.3) is 0 Å². The molecule has 1 nitrogen and oxygen atoms in total. The molecule has 0 atom stereocenters. The molecule has 2 saturated carbocycles. The molecule has 0 bridgehead atoms. The third-order valence-corrected chi connectivity index (χ3v) is 7.13. The third kappa shape index (κ3) is 5.76. The van der Waals surface area contributed by atoms with E-state index in [1.165, 1.54) is 96.3 Å². The van der Waals surface area contributed by atoms with Crippen LogP contribution in [-0.4, -0.2) is 12.7 Å². The fourth-order valence-electron chi connectivity index (χ4n) is 5.33. The van der Waals surface area contributed by atoms with Crippen LogP contribution in [0.1, 0.15) is 110 Å². The summed E-state index contributed by atoms with van der Waals surface area (Å²) in [6.45, 7) is 4.63. The molecule has 2 aliphatic rings. The SMILES string of the molecule is CCCCCC1(OC)CCC(C2CCC(CCCC)CC2)CC1. The summed E-state index contributed by atoms with van der Waals surface area (Å²) < 4.78 is 6.02.